The van der Waals surface area contributed by atoms with Gasteiger partial charge in [0.1, 0.15) is 9.88 Å². The zero-order valence-corrected chi connectivity index (χ0v) is 19.3. The highest BCUT2D eigenvalue weighted by molar-refractivity contribution is 7.17. The van der Waals surface area contributed by atoms with Crippen LogP contribution in [-0.2, 0) is 19.1 Å². The Hall–Kier alpha value is -3.14. The molecule has 2 aromatic rings. The minimum atomic E-state index is -0.593. The Kier molecular flexibility index (Phi) is 7.68. The molecule has 1 aromatic carbocycles. The van der Waals surface area contributed by atoms with Gasteiger partial charge in [0, 0.05) is 18.7 Å². The van der Waals surface area contributed by atoms with E-state index in [4.69, 9.17) is 18.9 Å². The maximum Gasteiger partial charge on any atom is 0.350 e. The molecular formula is C22H26N2O7S. The van der Waals surface area contributed by atoms with Crippen molar-refractivity contribution in [2.24, 2.45) is 5.92 Å². The third kappa shape index (κ3) is 5.18. The van der Waals surface area contributed by atoms with Gasteiger partial charge in [-0.25, -0.2) is 9.78 Å². The van der Waals surface area contributed by atoms with Gasteiger partial charge in [-0.2, -0.15) is 0 Å². The lowest BCUT2D eigenvalue weighted by Gasteiger charge is -2.30. The first kappa shape index (κ1) is 23.5. The van der Waals surface area contributed by atoms with E-state index in [1.54, 1.807) is 38.2 Å². The number of carbonyl (C=O) groups excluding carboxylic acids is 3. The van der Waals surface area contributed by atoms with Gasteiger partial charge in [0.2, 0.25) is 0 Å². The molecule has 1 fully saturated rings. The molecule has 0 atom stereocenters. The van der Waals surface area contributed by atoms with Crippen molar-refractivity contribution < 1.29 is 33.3 Å². The minimum absolute atomic E-state index is 0.193. The number of nitrogens with zero attached hydrogens (tertiary/aromatic N) is 2. The second-order valence-corrected chi connectivity index (χ2v) is 8.26. The molecule has 2 heterocycles. The lowest BCUT2D eigenvalue weighted by Crippen LogP contribution is -2.42. The van der Waals surface area contributed by atoms with Crippen LogP contribution in [0.25, 0.3) is 10.6 Å². The number of esters is 2. The van der Waals surface area contributed by atoms with Gasteiger partial charge in [-0.15, -0.1) is 11.3 Å². The van der Waals surface area contributed by atoms with Crippen molar-refractivity contribution in [1.82, 2.24) is 9.88 Å². The van der Waals surface area contributed by atoms with Gasteiger partial charge >= 0.3 is 11.9 Å². The Morgan fingerprint density at radius 1 is 1.09 bits per heavy atom. The van der Waals surface area contributed by atoms with Gasteiger partial charge in [0.05, 0.1) is 32.9 Å². The van der Waals surface area contributed by atoms with E-state index < -0.39 is 5.97 Å². The molecule has 3 rings (SSSR count). The lowest BCUT2D eigenvalue weighted by atomic mass is 9.97. The summed E-state index contributed by atoms with van der Waals surface area (Å²) in [4.78, 5) is 43.0. The molecule has 0 radical (unpaired) electrons. The number of benzene rings is 1. The first-order chi connectivity index (χ1) is 15.4. The standard InChI is InChI=1S/C22H26N2O7S/c1-13-19(32-20(23-13)15-5-6-16(28-2)17(11-15)29-3)22(27)31-12-18(25)24-9-7-14(8-10-24)21(26)30-4/h5-6,11,14H,7-10,12H2,1-4H3. The number of rotatable bonds is 7. The number of aromatic nitrogens is 1. The monoisotopic (exact) mass is 462 g/mol. The van der Waals surface area contributed by atoms with Crippen LogP contribution in [0.1, 0.15) is 28.2 Å². The van der Waals surface area contributed by atoms with Crippen molar-refractivity contribution in [3.63, 3.8) is 0 Å². The molecule has 0 bridgehead atoms. The van der Waals surface area contributed by atoms with Crippen LogP contribution in [0, 0.1) is 12.8 Å². The number of hydrogen-bond acceptors (Lipinski definition) is 9. The highest BCUT2D eigenvalue weighted by atomic mass is 32.1. The molecule has 32 heavy (non-hydrogen) atoms. The van der Waals surface area contributed by atoms with Crippen LogP contribution in [0.15, 0.2) is 18.2 Å². The van der Waals surface area contributed by atoms with Gasteiger partial charge < -0.3 is 23.8 Å². The zero-order valence-electron chi connectivity index (χ0n) is 18.5. The summed E-state index contributed by atoms with van der Waals surface area (Å²) < 4.78 is 20.6. The third-order valence-corrected chi connectivity index (χ3v) is 6.51. The van der Waals surface area contributed by atoms with E-state index in [1.165, 1.54) is 18.4 Å². The predicted octanol–water partition coefficient (Wildman–Crippen LogP) is 2.70. The average molecular weight is 463 g/mol. The maximum absolute atomic E-state index is 12.6. The zero-order chi connectivity index (χ0) is 23.3. The lowest BCUT2D eigenvalue weighted by molar-refractivity contribution is -0.149. The number of aryl methyl sites for hydroxylation is 1. The van der Waals surface area contributed by atoms with E-state index in [1.807, 2.05) is 6.07 Å². The molecule has 1 aliphatic heterocycles. The highest BCUT2D eigenvalue weighted by Gasteiger charge is 2.28. The maximum atomic E-state index is 12.6. The second-order valence-electron chi connectivity index (χ2n) is 7.26. The molecular weight excluding hydrogens is 436 g/mol. The number of ether oxygens (including phenoxy) is 4. The molecule has 0 spiro atoms. The van der Waals surface area contributed by atoms with Crippen molar-refractivity contribution in [2.45, 2.75) is 19.8 Å². The summed E-state index contributed by atoms with van der Waals surface area (Å²) in [6, 6.07) is 5.38. The summed E-state index contributed by atoms with van der Waals surface area (Å²) in [7, 11) is 4.46. The van der Waals surface area contributed by atoms with E-state index in [2.05, 4.69) is 4.98 Å². The van der Waals surface area contributed by atoms with Crippen molar-refractivity contribution in [1.29, 1.82) is 0 Å². The number of piperidine rings is 1. The van der Waals surface area contributed by atoms with Gasteiger partial charge in [0.25, 0.3) is 5.91 Å². The molecule has 0 aliphatic carbocycles. The van der Waals surface area contributed by atoms with E-state index in [9.17, 15) is 14.4 Å². The van der Waals surface area contributed by atoms with Gasteiger partial charge in [-0.05, 0) is 38.0 Å². The van der Waals surface area contributed by atoms with Gasteiger partial charge in [-0.3, -0.25) is 9.59 Å². The van der Waals surface area contributed by atoms with Crippen molar-refractivity contribution in [2.75, 3.05) is 41.0 Å². The van der Waals surface area contributed by atoms with E-state index in [0.717, 1.165) is 5.56 Å². The van der Waals surface area contributed by atoms with Crippen molar-refractivity contribution >= 4 is 29.2 Å². The topological polar surface area (TPSA) is 104 Å². The van der Waals surface area contributed by atoms with Crippen LogP contribution in [0.3, 0.4) is 0 Å². The first-order valence-electron chi connectivity index (χ1n) is 10.1. The van der Waals surface area contributed by atoms with Crippen LogP contribution < -0.4 is 9.47 Å². The summed E-state index contributed by atoms with van der Waals surface area (Å²) in [6.07, 6.45) is 1.07. The third-order valence-electron chi connectivity index (χ3n) is 5.32. The van der Waals surface area contributed by atoms with Crippen LogP contribution in [-0.4, -0.2) is 68.8 Å². The molecule has 1 amide bonds. The molecule has 1 aliphatic rings. The Balaban J connectivity index is 1.60. The molecule has 10 heteroatoms. The number of thiazole rings is 1. The van der Waals surface area contributed by atoms with E-state index in [-0.39, 0.29) is 24.4 Å². The molecule has 172 valence electrons. The summed E-state index contributed by atoms with van der Waals surface area (Å²) in [5.74, 6) is -0.175. The molecule has 1 aromatic heterocycles. The molecule has 0 unspecified atom stereocenters. The number of methoxy groups -OCH3 is 3. The Morgan fingerprint density at radius 3 is 2.41 bits per heavy atom. The fraction of sp³-hybridized carbons (Fsp3) is 0.455. The number of carbonyl (C=O) groups is 3. The number of likely N-dealkylation sites (tertiary alicyclic amines) is 1. The fourth-order valence-corrected chi connectivity index (χ4v) is 4.45. The van der Waals surface area contributed by atoms with E-state index >= 15 is 0 Å². The molecule has 0 saturated carbocycles. The molecule has 1 saturated heterocycles. The largest absolute Gasteiger partial charge is 0.493 e. The Morgan fingerprint density at radius 2 is 1.78 bits per heavy atom. The van der Waals surface area contributed by atoms with Crippen LogP contribution in [0.4, 0.5) is 0 Å². The van der Waals surface area contributed by atoms with Crippen LogP contribution >= 0.6 is 11.3 Å². The van der Waals surface area contributed by atoms with Crippen molar-refractivity contribution in [3.8, 4) is 22.1 Å². The Bertz CT molecular complexity index is 996. The summed E-state index contributed by atoms with van der Waals surface area (Å²) in [5.41, 5.74) is 1.30. The predicted molar refractivity (Wildman–Crippen MR) is 117 cm³/mol. The fourth-order valence-electron chi connectivity index (χ4n) is 3.49. The van der Waals surface area contributed by atoms with E-state index in [0.29, 0.717) is 53.0 Å². The smallest absolute Gasteiger partial charge is 0.350 e. The van der Waals surface area contributed by atoms with Crippen LogP contribution in [0.5, 0.6) is 11.5 Å². The SMILES string of the molecule is COC(=O)C1CCN(C(=O)COC(=O)c2sc(-c3ccc(OC)c(OC)c3)nc2C)CC1. The quantitative estimate of drug-likeness (QED) is 0.579. The number of hydrogen-bond donors (Lipinski definition) is 0. The molecule has 9 nitrogen and oxygen atoms in total. The van der Waals surface area contributed by atoms with Gasteiger partial charge in [0.15, 0.2) is 18.1 Å². The summed E-state index contributed by atoms with van der Waals surface area (Å²) in [6.45, 7) is 2.22. The summed E-state index contributed by atoms with van der Waals surface area (Å²) in [5, 5.41) is 0.631. The normalized spacial score (nSPS) is 14.1. The highest BCUT2D eigenvalue weighted by Crippen LogP contribution is 2.35. The average Bonchev–Trinajstić information content (AvgIpc) is 3.22. The first-order valence-corrected chi connectivity index (χ1v) is 10.9. The molecule has 0 N–H and O–H groups in total. The Labute approximate surface area is 190 Å². The minimum Gasteiger partial charge on any atom is -0.493 e. The van der Waals surface area contributed by atoms with Gasteiger partial charge in [-0.1, -0.05) is 0 Å². The number of amides is 1. The summed E-state index contributed by atoms with van der Waals surface area (Å²) >= 11 is 1.19. The van der Waals surface area contributed by atoms with Crippen molar-refractivity contribution in [3.05, 3.63) is 28.8 Å². The second kappa shape index (κ2) is 10.4. The van der Waals surface area contributed by atoms with Crippen LogP contribution in [0.2, 0.25) is 0 Å².